The Labute approximate surface area is 161 Å². The van der Waals surface area contributed by atoms with Crippen LogP contribution in [0, 0.1) is 0 Å². The van der Waals surface area contributed by atoms with Crippen molar-refractivity contribution in [2.75, 3.05) is 19.6 Å². The molecule has 6 heteroatoms. The maximum Gasteiger partial charge on any atom is 0.273 e. The van der Waals surface area contributed by atoms with E-state index in [9.17, 15) is 4.79 Å². The number of amides is 1. The number of hydrogen-bond acceptors (Lipinski definition) is 4. The molecule has 1 aliphatic rings. The highest BCUT2D eigenvalue weighted by molar-refractivity contribution is 5.91. The van der Waals surface area contributed by atoms with Crippen LogP contribution in [0.4, 0.5) is 0 Å². The Bertz CT molecular complexity index is 719. The number of aromatic nitrogens is 3. The van der Waals surface area contributed by atoms with Gasteiger partial charge >= 0.3 is 0 Å². The van der Waals surface area contributed by atoms with Gasteiger partial charge in [-0.25, -0.2) is 4.68 Å². The lowest BCUT2D eigenvalue weighted by Crippen LogP contribution is -2.35. The van der Waals surface area contributed by atoms with Crippen molar-refractivity contribution in [1.29, 1.82) is 0 Å². The normalized spacial score (nSPS) is 17.2. The van der Waals surface area contributed by atoms with Crippen LogP contribution in [-0.2, 0) is 0 Å². The smallest absolute Gasteiger partial charge is 0.273 e. The zero-order valence-corrected chi connectivity index (χ0v) is 16.6. The summed E-state index contributed by atoms with van der Waals surface area (Å²) in [5, 5.41) is 11.1. The largest absolute Gasteiger partial charge is 0.348 e. The number of likely N-dealkylation sites (tertiary alicyclic amines) is 1. The monoisotopic (exact) mass is 369 g/mol. The Morgan fingerprint density at radius 3 is 2.56 bits per heavy atom. The molecule has 0 radical (unpaired) electrons. The van der Waals surface area contributed by atoms with Gasteiger partial charge in [-0.05, 0) is 51.1 Å². The maximum absolute atomic E-state index is 12.0. The quantitative estimate of drug-likeness (QED) is 0.814. The molecule has 1 fully saturated rings. The Kier molecular flexibility index (Phi) is 6.61. The van der Waals surface area contributed by atoms with E-state index in [1.807, 2.05) is 18.5 Å². The van der Waals surface area contributed by atoms with Crippen LogP contribution in [0.15, 0.2) is 36.5 Å². The fourth-order valence-corrected chi connectivity index (χ4v) is 3.63. The van der Waals surface area contributed by atoms with E-state index in [0.717, 1.165) is 32.5 Å². The number of nitrogens with one attached hydrogen (secondary N) is 1. The van der Waals surface area contributed by atoms with E-state index in [1.165, 1.54) is 12.0 Å². The molecule has 1 N–H and O–H groups in total. The van der Waals surface area contributed by atoms with Crippen LogP contribution in [0.25, 0.3) is 0 Å². The minimum absolute atomic E-state index is 0.101. The summed E-state index contributed by atoms with van der Waals surface area (Å²) in [6.07, 6.45) is 5.07. The van der Waals surface area contributed by atoms with Crippen molar-refractivity contribution >= 4 is 5.91 Å². The predicted molar refractivity (Wildman–Crippen MR) is 107 cm³/mol. The second-order valence-electron chi connectivity index (χ2n) is 7.89. The standard InChI is InChI=1S/C21H31N5O/c1-16(2)22-21(27)20-15-26(24-23-20)19-10-13-25(14-11-19)12-9-17(3)18-7-5-4-6-8-18/h4-8,15-17,19H,9-14H2,1-3H3,(H,22,27)/t17-/m0/s1. The van der Waals surface area contributed by atoms with Gasteiger partial charge in [0.1, 0.15) is 0 Å². The van der Waals surface area contributed by atoms with Gasteiger partial charge in [0.2, 0.25) is 0 Å². The number of piperidine rings is 1. The minimum Gasteiger partial charge on any atom is -0.348 e. The number of carbonyl (C=O) groups excluding carboxylic acids is 1. The van der Waals surface area contributed by atoms with Gasteiger partial charge in [0.05, 0.1) is 12.2 Å². The Hall–Kier alpha value is -2.21. The second kappa shape index (κ2) is 9.13. The number of hydrogen-bond donors (Lipinski definition) is 1. The molecule has 0 bridgehead atoms. The summed E-state index contributed by atoms with van der Waals surface area (Å²) in [5.41, 5.74) is 1.82. The van der Waals surface area contributed by atoms with Crippen LogP contribution in [0.1, 0.15) is 68.0 Å². The Morgan fingerprint density at radius 2 is 1.89 bits per heavy atom. The Balaban J connectivity index is 1.45. The van der Waals surface area contributed by atoms with Crippen molar-refractivity contribution in [3.05, 3.63) is 47.8 Å². The molecule has 1 aromatic heterocycles. The lowest BCUT2D eigenvalue weighted by Gasteiger charge is -2.32. The molecule has 146 valence electrons. The summed E-state index contributed by atoms with van der Waals surface area (Å²) in [6.45, 7) is 9.45. The minimum atomic E-state index is -0.149. The molecule has 6 nitrogen and oxygen atoms in total. The fourth-order valence-electron chi connectivity index (χ4n) is 3.63. The third-order valence-corrected chi connectivity index (χ3v) is 5.34. The molecule has 2 heterocycles. The van der Waals surface area contributed by atoms with Gasteiger partial charge in [-0.3, -0.25) is 4.79 Å². The predicted octanol–water partition coefficient (Wildman–Crippen LogP) is 3.25. The lowest BCUT2D eigenvalue weighted by molar-refractivity contribution is 0.0938. The van der Waals surface area contributed by atoms with E-state index in [1.54, 1.807) is 6.20 Å². The molecule has 27 heavy (non-hydrogen) atoms. The van der Waals surface area contributed by atoms with E-state index in [4.69, 9.17) is 0 Å². The number of rotatable bonds is 7. The highest BCUT2D eigenvalue weighted by Gasteiger charge is 2.23. The van der Waals surface area contributed by atoms with Crippen molar-refractivity contribution in [3.63, 3.8) is 0 Å². The molecule has 0 aliphatic carbocycles. The molecular formula is C21H31N5O. The van der Waals surface area contributed by atoms with Gasteiger partial charge in [0.15, 0.2) is 5.69 Å². The average Bonchev–Trinajstić information content (AvgIpc) is 3.17. The Morgan fingerprint density at radius 1 is 1.19 bits per heavy atom. The first-order chi connectivity index (χ1) is 13.0. The summed E-state index contributed by atoms with van der Waals surface area (Å²) in [6, 6.07) is 11.2. The van der Waals surface area contributed by atoms with Crippen LogP contribution in [-0.4, -0.2) is 51.5 Å². The van der Waals surface area contributed by atoms with Gasteiger partial charge in [-0.1, -0.05) is 42.5 Å². The molecule has 0 unspecified atom stereocenters. The molecule has 0 saturated carbocycles. The lowest BCUT2D eigenvalue weighted by atomic mass is 9.97. The van der Waals surface area contributed by atoms with Crippen LogP contribution in [0.2, 0.25) is 0 Å². The van der Waals surface area contributed by atoms with Crippen LogP contribution >= 0.6 is 0 Å². The van der Waals surface area contributed by atoms with E-state index < -0.39 is 0 Å². The SMILES string of the molecule is CC(C)NC(=O)c1cn(C2CCN(CC[C@H](C)c3ccccc3)CC2)nn1. The zero-order valence-electron chi connectivity index (χ0n) is 16.6. The van der Waals surface area contributed by atoms with Gasteiger partial charge in [0.25, 0.3) is 5.91 Å². The van der Waals surface area contributed by atoms with Crippen molar-refractivity contribution in [2.45, 2.75) is 58.0 Å². The second-order valence-corrected chi connectivity index (χ2v) is 7.89. The van der Waals surface area contributed by atoms with Crippen LogP contribution in [0.5, 0.6) is 0 Å². The van der Waals surface area contributed by atoms with Crippen molar-refractivity contribution < 1.29 is 4.79 Å². The van der Waals surface area contributed by atoms with Crippen LogP contribution < -0.4 is 5.32 Å². The van der Waals surface area contributed by atoms with E-state index in [0.29, 0.717) is 17.7 Å². The van der Waals surface area contributed by atoms with Gasteiger partial charge in [-0.2, -0.15) is 0 Å². The molecule has 1 aromatic carbocycles. The summed E-state index contributed by atoms with van der Waals surface area (Å²) in [5.74, 6) is 0.435. The summed E-state index contributed by atoms with van der Waals surface area (Å²) >= 11 is 0. The molecule has 2 aromatic rings. The first-order valence-corrected chi connectivity index (χ1v) is 10.0. The van der Waals surface area contributed by atoms with Gasteiger partial charge < -0.3 is 10.2 Å². The van der Waals surface area contributed by atoms with Crippen LogP contribution in [0.3, 0.4) is 0 Å². The summed E-state index contributed by atoms with van der Waals surface area (Å²) in [4.78, 5) is 14.6. The van der Waals surface area contributed by atoms with E-state index in [-0.39, 0.29) is 11.9 Å². The summed E-state index contributed by atoms with van der Waals surface area (Å²) < 4.78 is 1.87. The first-order valence-electron chi connectivity index (χ1n) is 10.0. The molecule has 0 spiro atoms. The van der Waals surface area contributed by atoms with E-state index in [2.05, 4.69) is 57.8 Å². The molecule has 1 atom stereocenters. The fraction of sp³-hybridized carbons (Fsp3) is 0.571. The zero-order chi connectivity index (χ0) is 19.2. The number of benzene rings is 1. The highest BCUT2D eigenvalue weighted by Crippen LogP contribution is 2.24. The molecular weight excluding hydrogens is 338 g/mol. The molecule has 3 rings (SSSR count). The van der Waals surface area contributed by atoms with Gasteiger partial charge in [0, 0.05) is 19.1 Å². The van der Waals surface area contributed by atoms with E-state index >= 15 is 0 Å². The molecule has 1 aliphatic heterocycles. The highest BCUT2D eigenvalue weighted by atomic mass is 16.2. The van der Waals surface area contributed by atoms with Crippen molar-refractivity contribution in [2.24, 2.45) is 0 Å². The van der Waals surface area contributed by atoms with Crippen molar-refractivity contribution in [1.82, 2.24) is 25.2 Å². The molecule has 1 saturated heterocycles. The molecule has 1 amide bonds. The third-order valence-electron chi connectivity index (χ3n) is 5.34. The topological polar surface area (TPSA) is 63.1 Å². The van der Waals surface area contributed by atoms with Crippen molar-refractivity contribution in [3.8, 4) is 0 Å². The first kappa shape index (κ1) is 19.5. The number of nitrogens with zero attached hydrogens (tertiary/aromatic N) is 4. The number of carbonyl (C=O) groups is 1. The summed E-state index contributed by atoms with van der Waals surface area (Å²) in [7, 11) is 0. The average molecular weight is 370 g/mol. The third kappa shape index (κ3) is 5.39. The van der Waals surface area contributed by atoms with Gasteiger partial charge in [-0.15, -0.1) is 5.10 Å². The maximum atomic E-state index is 12.0.